The zero-order valence-corrected chi connectivity index (χ0v) is 13.8. The van der Waals surface area contributed by atoms with Gasteiger partial charge >= 0.3 is 0 Å². The molecular weight excluding hydrogens is 298 g/mol. The molecule has 1 aromatic carbocycles. The average molecular weight is 324 g/mol. The lowest BCUT2D eigenvalue weighted by Crippen LogP contribution is -2.34. The van der Waals surface area contributed by atoms with Gasteiger partial charge in [0.25, 0.3) is 0 Å². The summed E-state index contributed by atoms with van der Waals surface area (Å²) in [6.07, 6.45) is 7.22. The third-order valence-corrected chi connectivity index (χ3v) is 5.39. The van der Waals surface area contributed by atoms with Crippen LogP contribution in [0.4, 0.5) is 8.78 Å². The Kier molecular flexibility index (Phi) is 5.65. The molecule has 0 aromatic heterocycles. The van der Waals surface area contributed by atoms with Crippen molar-refractivity contribution in [2.75, 3.05) is 13.2 Å². The maximum atomic E-state index is 13.3. The molecule has 2 fully saturated rings. The van der Waals surface area contributed by atoms with E-state index in [2.05, 4.69) is 6.92 Å². The summed E-state index contributed by atoms with van der Waals surface area (Å²) >= 11 is 0. The van der Waals surface area contributed by atoms with Crippen LogP contribution in [0.2, 0.25) is 0 Å². The molecule has 1 aliphatic heterocycles. The number of hydrogen-bond donors (Lipinski definition) is 0. The van der Waals surface area contributed by atoms with Gasteiger partial charge in [0, 0.05) is 11.5 Å². The number of halogens is 2. The van der Waals surface area contributed by atoms with Gasteiger partial charge in [-0.25, -0.2) is 8.78 Å². The van der Waals surface area contributed by atoms with E-state index in [1.807, 2.05) is 0 Å². The second-order valence-electron chi connectivity index (χ2n) is 7.00. The van der Waals surface area contributed by atoms with Gasteiger partial charge in [0.2, 0.25) is 0 Å². The summed E-state index contributed by atoms with van der Waals surface area (Å²) in [6.45, 7) is 3.55. The van der Waals surface area contributed by atoms with Gasteiger partial charge in [-0.05, 0) is 36.8 Å². The molecule has 0 N–H and O–H groups in total. The summed E-state index contributed by atoms with van der Waals surface area (Å²) in [4.78, 5) is 0. The highest BCUT2D eigenvalue weighted by Crippen LogP contribution is 2.38. The van der Waals surface area contributed by atoms with Crippen LogP contribution in [0.5, 0.6) is 0 Å². The van der Waals surface area contributed by atoms with Crippen LogP contribution in [-0.4, -0.2) is 13.2 Å². The summed E-state index contributed by atoms with van der Waals surface area (Å²) in [5, 5.41) is 0. The molecule has 2 nitrogen and oxygen atoms in total. The average Bonchev–Trinajstić information content (AvgIpc) is 2.59. The highest BCUT2D eigenvalue weighted by atomic mass is 19.2. The summed E-state index contributed by atoms with van der Waals surface area (Å²) < 4.78 is 37.9. The van der Waals surface area contributed by atoms with Gasteiger partial charge < -0.3 is 9.47 Å². The number of rotatable bonds is 4. The van der Waals surface area contributed by atoms with Crippen LogP contribution in [0.3, 0.4) is 0 Å². The van der Waals surface area contributed by atoms with E-state index in [1.54, 1.807) is 0 Å². The van der Waals surface area contributed by atoms with Crippen LogP contribution >= 0.6 is 0 Å². The van der Waals surface area contributed by atoms with Crippen molar-refractivity contribution in [1.82, 2.24) is 0 Å². The molecule has 0 spiro atoms. The van der Waals surface area contributed by atoms with Crippen molar-refractivity contribution < 1.29 is 18.3 Å². The van der Waals surface area contributed by atoms with Crippen molar-refractivity contribution in [2.45, 2.75) is 51.7 Å². The molecule has 2 aliphatic rings. The van der Waals surface area contributed by atoms with E-state index in [4.69, 9.17) is 9.47 Å². The fourth-order valence-electron chi connectivity index (χ4n) is 4.00. The normalized spacial score (nSPS) is 32.0. The third kappa shape index (κ3) is 4.10. The van der Waals surface area contributed by atoms with Crippen molar-refractivity contribution in [1.29, 1.82) is 0 Å². The van der Waals surface area contributed by atoms with E-state index in [1.165, 1.54) is 44.6 Å². The quantitative estimate of drug-likeness (QED) is 0.755. The number of hydrogen-bond acceptors (Lipinski definition) is 2. The standard InChI is InChI=1S/C19H26F2O2/c1-2-3-13-4-6-14(7-5-13)16-11-22-19(23-12-16)15-8-9-17(20)18(21)10-15/h8-10,13-14,16,19H,2-7,11-12H2,1H3. The fourth-order valence-corrected chi connectivity index (χ4v) is 4.00. The van der Waals surface area contributed by atoms with Gasteiger partial charge in [-0.15, -0.1) is 0 Å². The molecule has 0 bridgehead atoms. The van der Waals surface area contributed by atoms with Gasteiger partial charge in [0.1, 0.15) is 0 Å². The first-order valence-electron chi connectivity index (χ1n) is 8.85. The van der Waals surface area contributed by atoms with Crippen LogP contribution in [0, 0.1) is 29.4 Å². The van der Waals surface area contributed by atoms with Gasteiger partial charge in [0.15, 0.2) is 17.9 Å². The van der Waals surface area contributed by atoms with Crippen LogP contribution in [0.1, 0.15) is 57.3 Å². The van der Waals surface area contributed by atoms with Gasteiger partial charge in [-0.2, -0.15) is 0 Å². The zero-order chi connectivity index (χ0) is 16.2. The lowest BCUT2D eigenvalue weighted by molar-refractivity contribution is -0.214. The van der Waals surface area contributed by atoms with Crippen LogP contribution < -0.4 is 0 Å². The van der Waals surface area contributed by atoms with Crippen molar-refractivity contribution in [2.24, 2.45) is 17.8 Å². The molecule has 1 aromatic rings. The predicted octanol–water partition coefficient (Wildman–Crippen LogP) is 5.23. The van der Waals surface area contributed by atoms with E-state index in [-0.39, 0.29) is 0 Å². The van der Waals surface area contributed by atoms with E-state index >= 15 is 0 Å². The Hall–Kier alpha value is -1.00. The summed E-state index contributed by atoms with van der Waals surface area (Å²) in [7, 11) is 0. The smallest absolute Gasteiger partial charge is 0.183 e. The molecule has 1 aliphatic carbocycles. The molecule has 1 saturated carbocycles. The maximum absolute atomic E-state index is 13.3. The van der Waals surface area contributed by atoms with Gasteiger partial charge in [-0.1, -0.05) is 38.7 Å². The second kappa shape index (κ2) is 7.71. The molecule has 3 rings (SSSR count). The second-order valence-corrected chi connectivity index (χ2v) is 7.00. The molecule has 23 heavy (non-hydrogen) atoms. The van der Waals surface area contributed by atoms with Gasteiger partial charge in [0.05, 0.1) is 13.2 Å². The maximum Gasteiger partial charge on any atom is 0.183 e. The monoisotopic (exact) mass is 324 g/mol. The SMILES string of the molecule is CCCC1CCC(C2COC(c3ccc(F)c(F)c3)OC2)CC1. The van der Waals surface area contributed by atoms with Crippen LogP contribution in [-0.2, 0) is 9.47 Å². The first-order valence-corrected chi connectivity index (χ1v) is 8.85. The Morgan fingerprint density at radius 2 is 1.65 bits per heavy atom. The Labute approximate surface area is 137 Å². The first kappa shape index (κ1) is 16.8. The minimum atomic E-state index is -0.855. The predicted molar refractivity (Wildman–Crippen MR) is 84.8 cm³/mol. The number of ether oxygens (including phenoxy) is 2. The Morgan fingerprint density at radius 1 is 0.957 bits per heavy atom. The van der Waals surface area contributed by atoms with E-state index in [0.717, 1.165) is 18.1 Å². The molecular formula is C19H26F2O2. The lowest BCUT2D eigenvalue weighted by Gasteiger charge is -2.37. The Bertz CT molecular complexity index is 504. The van der Waals surface area contributed by atoms with Crippen molar-refractivity contribution in [3.05, 3.63) is 35.4 Å². The fraction of sp³-hybridized carbons (Fsp3) is 0.684. The molecule has 0 unspecified atom stereocenters. The third-order valence-electron chi connectivity index (χ3n) is 5.39. The van der Waals surface area contributed by atoms with Crippen molar-refractivity contribution >= 4 is 0 Å². The highest BCUT2D eigenvalue weighted by molar-refractivity contribution is 5.19. The summed E-state index contributed by atoms with van der Waals surface area (Å²) in [5.41, 5.74) is 0.550. The van der Waals surface area contributed by atoms with Crippen molar-refractivity contribution in [3.8, 4) is 0 Å². The van der Waals surface area contributed by atoms with E-state index in [9.17, 15) is 8.78 Å². The molecule has 0 radical (unpaired) electrons. The van der Waals surface area contributed by atoms with E-state index in [0.29, 0.717) is 30.6 Å². The molecule has 0 atom stereocenters. The molecule has 128 valence electrons. The summed E-state index contributed by atoms with van der Waals surface area (Å²) in [6, 6.07) is 3.81. The Morgan fingerprint density at radius 3 is 2.26 bits per heavy atom. The zero-order valence-electron chi connectivity index (χ0n) is 13.8. The molecule has 1 saturated heterocycles. The van der Waals surface area contributed by atoms with Gasteiger partial charge in [-0.3, -0.25) is 0 Å². The largest absolute Gasteiger partial charge is 0.348 e. The van der Waals surface area contributed by atoms with Crippen LogP contribution in [0.25, 0.3) is 0 Å². The highest BCUT2D eigenvalue weighted by Gasteiger charge is 2.32. The molecule has 0 amide bonds. The summed E-state index contributed by atoms with van der Waals surface area (Å²) in [5.74, 6) is 0.307. The topological polar surface area (TPSA) is 18.5 Å². The van der Waals surface area contributed by atoms with Crippen molar-refractivity contribution in [3.63, 3.8) is 0 Å². The Balaban J connectivity index is 1.50. The minimum Gasteiger partial charge on any atom is -0.348 e. The molecule has 4 heteroatoms. The number of benzene rings is 1. The molecule has 1 heterocycles. The first-order chi connectivity index (χ1) is 11.2. The van der Waals surface area contributed by atoms with E-state index < -0.39 is 17.9 Å². The minimum absolute atomic E-state index is 0.430. The lowest BCUT2D eigenvalue weighted by atomic mass is 9.75. The van der Waals surface area contributed by atoms with Crippen LogP contribution in [0.15, 0.2) is 18.2 Å².